The van der Waals surface area contributed by atoms with Gasteiger partial charge in [0.25, 0.3) is 0 Å². The number of rotatable bonds is 3. The average Bonchev–Trinajstić information content (AvgIpc) is 2.79. The first-order valence-corrected chi connectivity index (χ1v) is 5.78. The van der Waals surface area contributed by atoms with Crippen LogP contribution in [0.3, 0.4) is 0 Å². The number of nitriles is 1. The van der Waals surface area contributed by atoms with Gasteiger partial charge in [0.15, 0.2) is 0 Å². The summed E-state index contributed by atoms with van der Waals surface area (Å²) in [6, 6.07) is 6.60. The number of hydrogen-bond donors (Lipinski definition) is 1. The summed E-state index contributed by atoms with van der Waals surface area (Å²) in [6.07, 6.45) is 2.01. The Balaban J connectivity index is 2.11. The number of benzene rings is 1. The Bertz CT molecular complexity index is 442. The first-order chi connectivity index (χ1) is 8.24. The van der Waals surface area contributed by atoms with Gasteiger partial charge in [-0.25, -0.2) is 4.39 Å². The number of halogens is 1. The largest absolute Gasteiger partial charge is 0.395 e. The van der Waals surface area contributed by atoms with Crippen LogP contribution >= 0.6 is 0 Å². The summed E-state index contributed by atoms with van der Waals surface area (Å²) in [4.78, 5) is 2.09. The molecule has 1 saturated heterocycles. The number of nitrogens with zero attached hydrogens (tertiary/aromatic N) is 2. The Morgan fingerprint density at radius 1 is 1.53 bits per heavy atom. The fourth-order valence-electron chi connectivity index (χ4n) is 2.27. The first kappa shape index (κ1) is 12.0. The second-order valence-corrected chi connectivity index (χ2v) is 4.37. The van der Waals surface area contributed by atoms with E-state index in [0.717, 1.165) is 19.4 Å². The van der Waals surface area contributed by atoms with Crippen LogP contribution in [0.15, 0.2) is 18.2 Å². The van der Waals surface area contributed by atoms with Crippen LogP contribution < -0.4 is 0 Å². The SMILES string of the molecule is N#Cc1ccc(CN2CCC[C@@H]2CO)c(F)c1. The van der Waals surface area contributed by atoms with Crippen molar-refractivity contribution in [2.24, 2.45) is 0 Å². The maximum absolute atomic E-state index is 13.7. The van der Waals surface area contributed by atoms with Crippen LogP contribution in [0.4, 0.5) is 4.39 Å². The number of aliphatic hydroxyl groups excluding tert-OH is 1. The van der Waals surface area contributed by atoms with E-state index in [9.17, 15) is 9.50 Å². The maximum Gasteiger partial charge on any atom is 0.129 e. The second kappa shape index (κ2) is 5.26. The average molecular weight is 234 g/mol. The molecule has 0 amide bonds. The molecule has 0 bridgehead atoms. The summed E-state index contributed by atoms with van der Waals surface area (Å²) in [5.74, 6) is -0.340. The van der Waals surface area contributed by atoms with Crippen LogP contribution in [0.5, 0.6) is 0 Å². The molecule has 2 rings (SSSR count). The third-order valence-electron chi connectivity index (χ3n) is 3.27. The van der Waals surface area contributed by atoms with E-state index >= 15 is 0 Å². The van der Waals surface area contributed by atoms with E-state index in [2.05, 4.69) is 4.90 Å². The van der Waals surface area contributed by atoms with E-state index in [1.165, 1.54) is 6.07 Å². The second-order valence-electron chi connectivity index (χ2n) is 4.37. The minimum atomic E-state index is -0.340. The first-order valence-electron chi connectivity index (χ1n) is 5.78. The number of aliphatic hydroxyl groups is 1. The van der Waals surface area contributed by atoms with Gasteiger partial charge in [-0.15, -0.1) is 0 Å². The molecule has 0 radical (unpaired) electrons. The third kappa shape index (κ3) is 2.63. The predicted molar refractivity (Wildman–Crippen MR) is 61.6 cm³/mol. The molecule has 1 heterocycles. The predicted octanol–water partition coefficient (Wildman–Crippen LogP) is 1.65. The van der Waals surface area contributed by atoms with Crippen molar-refractivity contribution in [3.05, 3.63) is 35.1 Å². The zero-order valence-electron chi connectivity index (χ0n) is 9.56. The van der Waals surface area contributed by atoms with Crippen LogP contribution in [0.1, 0.15) is 24.0 Å². The van der Waals surface area contributed by atoms with Gasteiger partial charge in [-0.1, -0.05) is 6.07 Å². The van der Waals surface area contributed by atoms with Crippen LogP contribution in [0.25, 0.3) is 0 Å². The van der Waals surface area contributed by atoms with Crippen molar-refractivity contribution in [2.45, 2.75) is 25.4 Å². The molecule has 1 aliphatic rings. The highest BCUT2D eigenvalue weighted by atomic mass is 19.1. The molecule has 1 N–H and O–H groups in total. The van der Waals surface area contributed by atoms with E-state index < -0.39 is 0 Å². The van der Waals surface area contributed by atoms with E-state index in [-0.39, 0.29) is 18.5 Å². The maximum atomic E-state index is 13.7. The normalized spacial score (nSPS) is 20.4. The van der Waals surface area contributed by atoms with Crippen molar-refractivity contribution in [2.75, 3.05) is 13.2 Å². The molecule has 1 fully saturated rings. The monoisotopic (exact) mass is 234 g/mol. The molecule has 90 valence electrons. The third-order valence-corrected chi connectivity index (χ3v) is 3.27. The van der Waals surface area contributed by atoms with E-state index in [0.29, 0.717) is 17.7 Å². The molecule has 0 aromatic heterocycles. The molecular weight excluding hydrogens is 219 g/mol. The Kier molecular flexibility index (Phi) is 3.72. The van der Waals surface area contributed by atoms with Crippen molar-refractivity contribution < 1.29 is 9.50 Å². The van der Waals surface area contributed by atoms with Gasteiger partial charge in [0, 0.05) is 18.2 Å². The molecule has 0 saturated carbocycles. The van der Waals surface area contributed by atoms with Gasteiger partial charge in [0.2, 0.25) is 0 Å². The fourth-order valence-corrected chi connectivity index (χ4v) is 2.27. The van der Waals surface area contributed by atoms with Crippen LogP contribution in [0.2, 0.25) is 0 Å². The highest BCUT2D eigenvalue weighted by Gasteiger charge is 2.24. The van der Waals surface area contributed by atoms with Gasteiger partial charge in [-0.2, -0.15) is 5.26 Å². The Hall–Kier alpha value is -1.44. The van der Waals surface area contributed by atoms with Crippen molar-refractivity contribution in [3.63, 3.8) is 0 Å². The lowest BCUT2D eigenvalue weighted by Gasteiger charge is -2.22. The van der Waals surface area contributed by atoms with E-state index in [1.807, 2.05) is 6.07 Å². The molecule has 1 atom stereocenters. The molecule has 1 aromatic carbocycles. The van der Waals surface area contributed by atoms with E-state index in [4.69, 9.17) is 5.26 Å². The molecule has 0 spiro atoms. The fraction of sp³-hybridized carbons (Fsp3) is 0.462. The standard InChI is InChI=1S/C13H15FN2O/c14-13-6-10(7-15)3-4-11(13)8-16-5-1-2-12(16)9-17/h3-4,6,12,17H,1-2,5,8-9H2/t12-/m1/s1. The summed E-state index contributed by atoms with van der Waals surface area (Å²) >= 11 is 0. The molecule has 4 heteroatoms. The summed E-state index contributed by atoms with van der Waals surface area (Å²) < 4.78 is 13.7. The van der Waals surface area contributed by atoms with Gasteiger partial charge in [0.1, 0.15) is 5.82 Å². The quantitative estimate of drug-likeness (QED) is 0.865. The highest BCUT2D eigenvalue weighted by Crippen LogP contribution is 2.21. The zero-order valence-corrected chi connectivity index (χ0v) is 9.56. The van der Waals surface area contributed by atoms with Crippen molar-refractivity contribution >= 4 is 0 Å². The zero-order chi connectivity index (χ0) is 12.3. The van der Waals surface area contributed by atoms with Crippen molar-refractivity contribution in [3.8, 4) is 6.07 Å². The Morgan fingerprint density at radius 3 is 3.00 bits per heavy atom. The van der Waals surface area contributed by atoms with Gasteiger partial charge in [-0.05, 0) is 31.5 Å². The van der Waals surface area contributed by atoms with Crippen LogP contribution in [0, 0.1) is 17.1 Å². The molecule has 0 unspecified atom stereocenters. The van der Waals surface area contributed by atoms with Crippen LogP contribution in [-0.2, 0) is 6.54 Å². The molecular formula is C13H15FN2O. The number of likely N-dealkylation sites (tertiary alicyclic amines) is 1. The summed E-state index contributed by atoms with van der Waals surface area (Å²) in [6.45, 7) is 1.52. The molecule has 0 aliphatic carbocycles. The lowest BCUT2D eigenvalue weighted by Crippen LogP contribution is -2.31. The van der Waals surface area contributed by atoms with Crippen LogP contribution in [-0.4, -0.2) is 29.2 Å². The minimum absolute atomic E-state index is 0.123. The minimum Gasteiger partial charge on any atom is -0.395 e. The summed E-state index contributed by atoms with van der Waals surface area (Å²) in [5, 5.41) is 17.8. The molecule has 1 aliphatic heterocycles. The van der Waals surface area contributed by atoms with Gasteiger partial charge < -0.3 is 5.11 Å². The lowest BCUT2D eigenvalue weighted by molar-refractivity contribution is 0.152. The lowest BCUT2D eigenvalue weighted by atomic mass is 10.1. The van der Waals surface area contributed by atoms with Crippen molar-refractivity contribution in [1.29, 1.82) is 5.26 Å². The van der Waals surface area contributed by atoms with Gasteiger partial charge in [0.05, 0.1) is 18.2 Å². The number of hydrogen-bond acceptors (Lipinski definition) is 3. The highest BCUT2D eigenvalue weighted by molar-refractivity contribution is 5.32. The van der Waals surface area contributed by atoms with Gasteiger partial charge in [-0.3, -0.25) is 4.90 Å². The Labute approximate surface area is 100 Å². The smallest absolute Gasteiger partial charge is 0.129 e. The topological polar surface area (TPSA) is 47.3 Å². The summed E-state index contributed by atoms with van der Waals surface area (Å²) in [7, 11) is 0. The van der Waals surface area contributed by atoms with E-state index in [1.54, 1.807) is 12.1 Å². The van der Waals surface area contributed by atoms with Gasteiger partial charge >= 0.3 is 0 Å². The molecule has 1 aromatic rings. The molecule has 3 nitrogen and oxygen atoms in total. The molecule has 17 heavy (non-hydrogen) atoms. The summed E-state index contributed by atoms with van der Waals surface area (Å²) in [5.41, 5.74) is 0.927. The van der Waals surface area contributed by atoms with Crippen molar-refractivity contribution in [1.82, 2.24) is 4.90 Å². The Morgan fingerprint density at radius 2 is 2.35 bits per heavy atom.